The van der Waals surface area contributed by atoms with E-state index < -0.39 is 29.0 Å². The van der Waals surface area contributed by atoms with Crippen molar-refractivity contribution in [2.45, 2.75) is 13.1 Å². The highest BCUT2D eigenvalue weighted by atomic mass is 79.9. The Morgan fingerprint density at radius 1 is 1.23 bits per heavy atom. The van der Waals surface area contributed by atoms with E-state index in [0.717, 1.165) is 12.6 Å². The van der Waals surface area contributed by atoms with Gasteiger partial charge in [-0.15, -0.1) is 0 Å². The second-order valence-electron chi connectivity index (χ2n) is 5.01. The molecule has 0 radical (unpaired) electrons. The molecule has 1 aliphatic rings. The monoisotopic (exact) mass is 382 g/mol. The Labute approximate surface area is 134 Å². The maximum Gasteiger partial charge on any atom is 0.419 e. The minimum atomic E-state index is -4.83. The largest absolute Gasteiger partial charge is 0.419 e. The van der Waals surface area contributed by atoms with Crippen LogP contribution in [0.15, 0.2) is 16.6 Å². The zero-order valence-corrected chi connectivity index (χ0v) is 13.5. The number of rotatable bonds is 2. The normalized spacial score (nSPS) is 16.9. The van der Waals surface area contributed by atoms with Crippen LogP contribution in [0, 0.1) is 5.82 Å². The average molecular weight is 383 g/mol. The van der Waals surface area contributed by atoms with Gasteiger partial charge in [0, 0.05) is 30.7 Å². The highest BCUT2D eigenvalue weighted by Crippen LogP contribution is 2.35. The second-order valence-corrected chi connectivity index (χ2v) is 5.86. The van der Waals surface area contributed by atoms with Gasteiger partial charge < -0.3 is 9.80 Å². The Hall–Kier alpha value is -1.15. The fourth-order valence-electron chi connectivity index (χ4n) is 2.39. The molecule has 1 aliphatic heterocycles. The van der Waals surface area contributed by atoms with Crippen LogP contribution < -0.4 is 0 Å². The van der Waals surface area contributed by atoms with Gasteiger partial charge in [-0.3, -0.25) is 4.79 Å². The quantitative estimate of drug-likeness (QED) is 0.732. The summed E-state index contributed by atoms with van der Waals surface area (Å²) in [5, 5.41) is 0. The number of hydrogen-bond donors (Lipinski definition) is 0. The average Bonchev–Trinajstić information content (AvgIpc) is 2.45. The lowest BCUT2D eigenvalue weighted by Crippen LogP contribution is -2.48. The topological polar surface area (TPSA) is 23.6 Å². The molecule has 0 aliphatic carbocycles. The van der Waals surface area contributed by atoms with Gasteiger partial charge in [-0.1, -0.05) is 6.92 Å². The zero-order chi connectivity index (χ0) is 16.5. The van der Waals surface area contributed by atoms with Crippen molar-refractivity contribution in [2.24, 2.45) is 0 Å². The summed E-state index contributed by atoms with van der Waals surface area (Å²) in [7, 11) is 0. The molecule has 1 amide bonds. The van der Waals surface area contributed by atoms with E-state index in [1.54, 1.807) is 0 Å². The molecule has 1 aromatic carbocycles. The van der Waals surface area contributed by atoms with Crippen molar-refractivity contribution in [3.63, 3.8) is 0 Å². The van der Waals surface area contributed by atoms with Crippen LogP contribution in [0.5, 0.6) is 0 Å². The fraction of sp³-hybridized carbons (Fsp3) is 0.500. The van der Waals surface area contributed by atoms with Crippen LogP contribution >= 0.6 is 15.9 Å². The van der Waals surface area contributed by atoms with Gasteiger partial charge in [0.15, 0.2) is 0 Å². The van der Waals surface area contributed by atoms with Crippen molar-refractivity contribution in [3.05, 3.63) is 33.5 Å². The molecule has 0 bridgehead atoms. The third-order valence-electron chi connectivity index (χ3n) is 3.72. The molecule has 122 valence electrons. The molecule has 1 fully saturated rings. The minimum Gasteiger partial charge on any atom is -0.336 e. The molecule has 0 spiro atoms. The number of amides is 1. The van der Waals surface area contributed by atoms with Gasteiger partial charge in [-0.25, -0.2) is 4.39 Å². The minimum absolute atomic E-state index is 0.0286. The lowest BCUT2D eigenvalue weighted by molar-refractivity contribution is -0.140. The van der Waals surface area contributed by atoms with Crippen LogP contribution in [0.3, 0.4) is 0 Å². The fourth-order valence-corrected chi connectivity index (χ4v) is 2.87. The van der Waals surface area contributed by atoms with E-state index in [2.05, 4.69) is 20.8 Å². The predicted octanol–water partition coefficient (Wildman–Crippen LogP) is 3.38. The van der Waals surface area contributed by atoms with Gasteiger partial charge >= 0.3 is 6.18 Å². The summed E-state index contributed by atoms with van der Waals surface area (Å²) in [6, 6.07) is 1.69. The lowest BCUT2D eigenvalue weighted by atomic mass is 10.1. The highest BCUT2D eigenvalue weighted by Gasteiger charge is 2.37. The molecule has 0 N–H and O–H groups in total. The Bertz CT molecular complexity index is 569. The smallest absolute Gasteiger partial charge is 0.336 e. The molecule has 1 heterocycles. The zero-order valence-electron chi connectivity index (χ0n) is 11.9. The first-order chi connectivity index (χ1) is 10.3. The first-order valence-corrected chi connectivity index (χ1v) is 7.61. The van der Waals surface area contributed by atoms with Gasteiger partial charge in [-0.05, 0) is 34.6 Å². The maximum atomic E-state index is 14.2. The van der Waals surface area contributed by atoms with Gasteiger partial charge in [0.2, 0.25) is 0 Å². The number of carbonyl (C=O) groups is 1. The van der Waals surface area contributed by atoms with E-state index in [1.807, 2.05) is 6.92 Å². The molecule has 3 nitrogen and oxygen atoms in total. The molecule has 0 aromatic heterocycles. The number of carbonyl (C=O) groups excluding carboxylic acids is 1. The second kappa shape index (κ2) is 6.54. The van der Waals surface area contributed by atoms with Crippen molar-refractivity contribution >= 4 is 21.8 Å². The number of alkyl halides is 3. The third kappa shape index (κ3) is 3.43. The number of halogens is 5. The Kier molecular flexibility index (Phi) is 5.11. The van der Waals surface area contributed by atoms with Gasteiger partial charge in [0.1, 0.15) is 5.82 Å². The van der Waals surface area contributed by atoms with Crippen LogP contribution in [0.2, 0.25) is 0 Å². The van der Waals surface area contributed by atoms with E-state index in [4.69, 9.17) is 0 Å². The van der Waals surface area contributed by atoms with Gasteiger partial charge in [0.05, 0.1) is 11.1 Å². The molecule has 0 saturated carbocycles. The lowest BCUT2D eigenvalue weighted by Gasteiger charge is -2.34. The summed E-state index contributed by atoms with van der Waals surface area (Å²) in [6.07, 6.45) is -4.83. The Balaban J connectivity index is 2.30. The number of nitrogens with zero attached hydrogens (tertiary/aromatic N) is 2. The van der Waals surface area contributed by atoms with Crippen LogP contribution in [0.25, 0.3) is 0 Å². The first-order valence-electron chi connectivity index (χ1n) is 6.82. The molecule has 0 atom stereocenters. The van der Waals surface area contributed by atoms with Crippen molar-refractivity contribution in [1.29, 1.82) is 0 Å². The molecule has 22 heavy (non-hydrogen) atoms. The summed E-state index contributed by atoms with van der Waals surface area (Å²) < 4.78 is 52.5. The molecular formula is C14H15BrF4N2O. The standard InChI is InChI=1S/C14H15BrF4N2O/c1-2-20-5-7-21(8-6-20)13(22)11-10(15)4-3-9(12(11)16)14(17,18)19/h3-4H,2,5-8H2,1H3. The van der Waals surface area contributed by atoms with Crippen molar-refractivity contribution in [3.8, 4) is 0 Å². The number of likely N-dealkylation sites (N-methyl/N-ethyl adjacent to an activating group) is 1. The summed E-state index contributed by atoms with van der Waals surface area (Å²) in [5.41, 5.74) is -1.98. The molecular weight excluding hydrogens is 368 g/mol. The molecule has 1 saturated heterocycles. The van der Waals surface area contributed by atoms with E-state index in [1.165, 1.54) is 4.90 Å². The van der Waals surface area contributed by atoms with E-state index in [0.29, 0.717) is 32.2 Å². The van der Waals surface area contributed by atoms with Gasteiger partial charge in [-0.2, -0.15) is 13.2 Å². The summed E-state index contributed by atoms with van der Waals surface area (Å²) in [6.45, 7) is 4.81. The molecule has 8 heteroatoms. The third-order valence-corrected chi connectivity index (χ3v) is 4.38. The van der Waals surface area contributed by atoms with E-state index in [9.17, 15) is 22.4 Å². The number of benzene rings is 1. The highest BCUT2D eigenvalue weighted by molar-refractivity contribution is 9.10. The maximum absolute atomic E-state index is 14.2. The van der Waals surface area contributed by atoms with Crippen molar-refractivity contribution in [2.75, 3.05) is 32.7 Å². The molecule has 0 unspecified atom stereocenters. The summed E-state index contributed by atoms with van der Waals surface area (Å²) >= 11 is 2.98. The number of piperazine rings is 1. The predicted molar refractivity (Wildman–Crippen MR) is 77.1 cm³/mol. The summed E-state index contributed by atoms with van der Waals surface area (Å²) in [5.74, 6) is -2.24. The van der Waals surface area contributed by atoms with Crippen LogP contribution in [-0.2, 0) is 6.18 Å². The SMILES string of the molecule is CCN1CCN(C(=O)c2c(Br)ccc(C(F)(F)F)c2F)CC1. The van der Waals surface area contributed by atoms with Crippen LogP contribution in [0.1, 0.15) is 22.8 Å². The number of hydrogen-bond acceptors (Lipinski definition) is 2. The van der Waals surface area contributed by atoms with Crippen molar-refractivity contribution in [1.82, 2.24) is 9.80 Å². The van der Waals surface area contributed by atoms with E-state index >= 15 is 0 Å². The van der Waals surface area contributed by atoms with Crippen LogP contribution in [0.4, 0.5) is 17.6 Å². The van der Waals surface area contributed by atoms with Crippen LogP contribution in [-0.4, -0.2) is 48.4 Å². The van der Waals surface area contributed by atoms with E-state index in [-0.39, 0.29) is 4.47 Å². The van der Waals surface area contributed by atoms with Gasteiger partial charge in [0.25, 0.3) is 5.91 Å². The molecule has 2 rings (SSSR count). The summed E-state index contributed by atoms with van der Waals surface area (Å²) in [4.78, 5) is 15.9. The Morgan fingerprint density at radius 3 is 2.32 bits per heavy atom. The first kappa shape index (κ1) is 17.2. The Morgan fingerprint density at radius 2 is 1.82 bits per heavy atom. The molecule has 1 aromatic rings. The van der Waals surface area contributed by atoms with Crippen molar-refractivity contribution < 1.29 is 22.4 Å².